The molecule has 0 aliphatic carbocycles. The number of nitrogens with two attached hydrogens (primary N) is 3. The second-order valence-electron chi connectivity index (χ2n) is 5.02. The summed E-state index contributed by atoms with van der Waals surface area (Å²) in [7, 11) is 0. The lowest BCUT2D eigenvalue weighted by Gasteiger charge is -2.13. The predicted molar refractivity (Wildman–Crippen MR) is 90.6 cm³/mol. The lowest BCUT2D eigenvalue weighted by atomic mass is 9.93. The van der Waals surface area contributed by atoms with Crippen LogP contribution in [0.3, 0.4) is 0 Å². The van der Waals surface area contributed by atoms with Crippen molar-refractivity contribution in [1.82, 2.24) is 0 Å². The summed E-state index contributed by atoms with van der Waals surface area (Å²) >= 11 is 0. The van der Waals surface area contributed by atoms with Crippen molar-refractivity contribution in [2.45, 2.75) is 0 Å². The molecule has 0 heterocycles. The van der Waals surface area contributed by atoms with E-state index < -0.39 is 0 Å². The molecule has 3 nitrogen and oxygen atoms in total. The van der Waals surface area contributed by atoms with Gasteiger partial charge in [-0.3, -0.25) is 0 Å². The molecule has 3 heteroatoms. The minimum atomic E-state index is 0.734. The lowest BCUT2D eigenvalue weighted by molar-refractivity contribution is 1.57. The van der Waals surface area contributed by atoms with E-state index in [0.717, 1.165) is 39.3 Å². The Balaban J connectivity index is 2.23. The Morgan fingerprint density at radius 1 is 0.571 bits per heavy atom. The molecule has 3 aromatic rings. The Bertz CT molecular complexity index is 777. The molecule has 0 radical (unpaired) electrons. The van der Waals surface area contributed by atoms with E-state index in [-0.39, 0.29) is 0 Å². The first kappa shape index (κ1) is 13.1. The van der Waals surface area contributed by atoms with Gasteiger partial charge in [0.15, 0.2) is 0 Å². The molecule has 0 unspecified atom stereocenters. The first-order chi connectivity index (χ1) is 10.1. The van der Waals surface area contributed by atoms with Crippen molar-refractivity contribution < 1.29 is 0 Å². The van der Waals surface area contributed by atoms with Gasteiger partial charge in [-0.05, 0) is 47.0 Å². The topological polar surface area (TPSA) is 78.1 Å². The second kappa shape index (κ2) is 5.21. The molecule has 0 saturated carbocycles. The quantitative estimate of drug-likeness (QED) is 0.623. The van der Waals surface area contributed by atoms with Crippen molar-refractivity contribution in [2.24, 2.45) is 0 Å². The van der Waals surface area contributed by atoms with Crippen molar-refractivity contribution in [3.8, 4) is 22.3 Å². The van der Waals surface area contributed by atoms with Gasteiger partial charge in [0.2, 0.25) is 0 Å². The fourth-order valence-electron chi connectivity index (χ4n) is 2.49. The highest BCUT2D eigenvalue weighted by Gasteiger charge is 2.10. The van der Waals surface area contributed by atoms with E-state index in [9.17, 15) is 0 Å². The molecule has 0 saturated heterocycles. The molecule has 0 aliphatic heterocycles. The van der Waals surface area contributed by atoms with Gasteiger partial charge in [0.1, 0.15) is 0 Å². The van der Waals surface area contributed by atoms with Gasteiger partial charge in [0.25, 0.3) is 0 Å². The monoisotopic (exact) mass is 275 g/mol. The molecular weight excluding hydrogens is 258 g/mol. The molecule has 21 heavy (non-hydrogen) atoms. The Hall–Kier alpha value is -2.94. The van der Waals surface area contributed by atoms with E-state index in [2.05, 4.69) is 6.07 Å². The van der Waals surface area contributed by atoms with Gasteiger partial charge in [-0.2, -0.15) is 0 Å². The maximum absolute atomic E-state index is 6.20. The third kappa shape index (κ3) is 2.54. The third-order valence-corrected chi connectivity index (χ3v) is 3.49. The maximum Gasteiger partial charge on any atom is 0.0400 e. The Morgan fingerprint density at radius 3 is 2.00 bits per heavy atom. The van der Waals surface area contributed by atoms with Gasteiger partial charge in [0.05, 0.1) is 0 Å². The number of hydrogen-bond acceptors (Lipinski definition) is 3. The van der Waals surface area contributed by atoms with Crippen LogP contribution < -0.4 is 17.2 Å². The average Bonchev–Trinajstić information content (AvgIpc) is 2.48. The highest BCUT2D eigenvalue weighted by molar-refractivity contribution is 5.91. The number of benzene rings is 3. The largest absolute Gasteiger partial charge is 0.399 e. The van der Waals surface area contributed by atoms with Crippen LogP contribution >= 0.6 is 0 Å². The number of rotatable bonds is 2. The first-order valence-corrected chi connectivity index (χ1v) is 6.75. The SMILES string of the molecule is Nc1ccc(-c2c(N)cccc2-c2cccc(N)c2)cc1. The van der Waals surface area contributed by atoms with Crippen LogP contribution in [-0.2, 0) is 0 Å². The standard InChI is InChI=1S/C18H17N3/c19-14-9-7-12(8-10-14)18-16(5-2-6-17(18)21)13-3-1-4-15(20)11-13/h1-11H,19-21H2. The average molecular weight is 275 g/mol. The molecule has 6 N–H and O–H groups in total. The summed E-state index contributed by atoms with van der Waals surface area (Å²) in [6.45, 7) is 0. The molecule has 104 valence electrons. The molecule has 3 rings (SSSR count). The highest BCUT2D eigenvalue weighted by atomic mass is 14.6. The van der Waals surface area contributed by atoms with Crippen molar-refractivity contribution in [3.63, 3.8) is 0 Å². The molecule has 0 spiro atoms. The summed E-state index contributed by atoms with van der Waals surface area (Å²) in [5, 5.41) is 0. The van der Waals surface area contributed by atoms with Gasteiger partial charge in [-0.15, -0.1) is 0 Å². The molecule has 3 aromatic carbocycles. The van der Waals surface area contributed by atoms with Crippen molar-refractivity contribution in [3.05, 3.63) is 66.7 Å². The number of hydrogen-bond donors (Lipinski definition) is 3. The van der Waals surface area contributed by atoms with Crippen molar-refractivity contribution in [1.29, 1.82) is 0 Å². The predicted octanol–water partition coefficient (Wildman–Crippen LogP) is 3.77. The van der Waals surface area contributed by atoms with Gasteiger partial charge in [0, 0.05) is 22.6 Å². The fraction of sp³-hybridized carbons (Fsp3) is 0. The molecule has 0 aliphatic rings. The van der Waals surface area contributed by atoms with E-state index in [1.165, 1.54) is 0 Å². The van der Waals surface area contributed by atoms with Gasteiger partial charge >= 0.3 is 0 Å². The Labute approximate surface area is 124 Å². The smallest absolute Gasteiger partial charge is 0.0400 e. The molecular formula is C18H17N3. The Kier molecular flexibility index (Phi) is 3.24. The fourth-order valence-corrected chi connectivity index (χ4v) is 2.49. The van der Waals surface area contributed by atoms with E-state index in [1.807, 2.05) is 60.7 Å². The van der Waals surface area contributed by atoms with Crippen LogP contribution in [0, 0.1) is 0 Å². The van der Waals surface area contributed by atoms with Gasteiger partial charge in [-0.25, -0.2) is 0 Å². The minimum Gasteiger partial charge on any atom is -0.399 e. The first-order valence-electron chi connectivity index (χ1n) is 6.75. The lowest BCUT2D eigenvalue weighted by Crippen LogP contribution is -1.94. The zero-order chi connectivity index (χ0) is 14.8. The van der Waals surface area contributed by atoms with Crippen LogP contribution in [0.15, 0.2) is 66.7 Å². The summed E-state index contributed by atoms with van der Waals surface area (Å²) < 4.78 is 0. The van der Waals surface area contributed by atoms with Crippen molar-refractivity contribution in [2.75, 3.05) is 17.2 Å². The zero-order valence-corrected chi connectivity index (χ0v) is 11.6. The highest BCUT2D eigenvalue weighted by Crippen LogP contribution is 2.37. The van der Waals surface area contributed by atoms with Gasteiger partial charge in [-0.1, -0.05) is 36.4 Å². The molecule has 0 amide bonds. The number of anilines is 3. The van der Waals surface area contributed by atoms with E-state index in [1.54, 1.807) is 0 Å². The molecule has 0 aromatic heterocycles. The van der Waals surface area contributed by atoms with Crippen LogP contribution in [0.2, 0.25) is 0 Å². The van der Waals surface area contributed by atoms with Crippen LogP contribution in [-0.4, -0.2) is 0 Å². The van der Waals surface area contributed by atoms with E-state index >= 15 is 0 Å². The zero-order valence-electron chi connectivity index (χ0n) is 11.6. The van der Waals surface area contributed by atoms with Crippen molar-refractivity contribution >= 4 is 17.1 Å². The van der Waals surface area contributed by atoms with Crippen LogP contribution in [0.5, 0.6) is 0 Å². The van der Waals surface area contributed by atoms with E-state index in [0.29, 0.717) is 0 Å². The maximum atomic E-state index is 6.20. The minimum absolute atomic E-state index is 0.734. The summed E-state index contributed by atoms with van der Waals surface area (Å²) in [4.78, 5) is 0. The summed E-state index contributed by atoms with van der Waals surface area (Å²) in [5.74, 6) is 0. The molecule has 0 fully saturated rings. The van der Waals surface area contributed by atoms with Crippen LogP contribution in [0.4, 0.5) is 17.1 Å². The molecule has 0 bridgehead atoms. The second-order valence-corrected chi connectivity index (χ2v) is 5.02. The third-order valence-electron chi connectivity index (χ3n) is 3.49. The molecule has 0 atom stereocenters. The summed E-state index contributed by atoms with van der Waals surface area (Å²) in [5.41, 5.74) is 24.2. The normalized spacial score (nSPS) is 10.5. The Morgan fingerprint density at radius 2 is 1.29 bits per heavy atom. The summed E-state index contributed by atoms with van der Waals surface area (Å²) in [6.07, 6.45) is 0. The van der Waals surface area contributed by atoms with Gasteiger partial charge < -0.3 is 17.2 Å². The van der Waals surface area contributed by atoms with E-state index in [4.69, 9.17) is 17.2 Å². The van der Waals surface area contributed by atoms with Crippen LogP contribution in [0.1, 0.15) is 0 Å². The number of nitrogen functional groups attached to an aromatic ring is 3. The van der Waals surface area contributed by atoms with Crippen LogP contribution in [0.25, 0.3) is 22.3 Å². The summed E-state index contributed by atoms with van der Waals surface area (Å²) in [6, 6.07) is 21.4.